The Kier molecular flexibility index (Phi) is 5.94. The van der Waals surface area contributed by atoms with Crippen LogP contribution in [0.15, 0.2) is 36.2 Å². The lowest BCUT2D eigenvalue weighted by molar-refractivity contribution is 0.102. The normalized spacial score (nSPS) is 10.9. The summed E-state index contributed by atoms with van der Waals surface area (Å²) in [6, 6.07) is 6.20. The fraction of sp³-hybridized carbons (Fsp3) is 0.190. The number of allylic oxidation sites excluding steroid dienone is 1. The van der Waals surface area contributed by atoms with Gasteiger partial charge in [-0.2, -0.15) is 5.10 Å². The van der Waals surface area contributed by atoms with Crippen LogP contribution in [0.25, 0.3) is 21.3 Å². The quantitative estimate of drug-likeness (QED) is 0.286. The molecule has 3 heterocycles. The SMILES string of the molecule is C=CCn1c(-c2sc(NC(=O)c3csc(-c4ccc(C)cc4C)n3)nc2C)n[nH]c1=S. The zero-order valence-electron chi connectivity index (χ0n) is 17.2. The monoisotopic (exact) mass is 468 g/mol. The molecule has 0 saturated carbocycles. The number of nitrogens with zero attached hydrogens (tertiary/aromatic N) is 4. The highest BCUT2D eigenvalue weighted by Crippen LogP contribution is 2.32. The van der Waals surface area contributed by atoms with E-state index in [0.717, 1.165) is 26.7 Å². The van der Waals surface area contributed by atoms with Crippen LogP contribution in [-0.2, 0) is 6.54 Å². The van der Waals surface area contributed by atoms with Crippen LogP contribution >= 0.6 is 34.9 Å². The number of aryl methyl sites for hydroxylation is 3. The third-order valence-electron chi connectivity index (χ3n) is 4.64. The van der Waals surface area contributed by atoms with Crippen molar-refractivity contribution < 1.29 is 4.79 Å². The van der Waals surface area contributed by atoms with E-state index < -0.39 is 0 Å². The van der Waals surface area contributed by atoms with Crippen LogP contribution in [0.3, 0.4) is 0 Å². The number of H-pyrrole nitrogens is 1. The summed E-state index contributed by atoms with van der Waals surface area (Å²) in [5, 5.41) is 13.0. The van der Waals surface area contributed by atoms with Crippen LogP contribution in [0.4, 0.5) is 5.13 Å². The lowest BCUT2D eigenvalue weighted by Crippen LogP contribution is -2.12. The van der Waals surface area contributed by atoms with E-state index in [0.29, 0.717) is 28.0 Å². The third-order valence-corrected chi connectivity index (χ3v) is 6.90. The molecule has 158 valence electrons. The van der Waals surface area contributed by atoms with E-state index in [1.165, 1.54) is 28.2 Å². The molecule has 0 aliphatic carbocycles. The van der Waals surface area contributed by atoms with Crippen molar-refractivity contribution in [3.8, 4) is 21.3 Å². The Balaban J connectivity index is 1.57. The molecule has 1 amide bonds. The van der Waals surface area contributed by atoms with Crippen molar-refractivity contribution in [1.29, 1.82) is 0 Å². The van der Waals surface area contributed by atoms with Crippen LogP contribution in [-0.4, -0.2) is 30.6 Å². The maximum absolute atomic E-state index is 12.8. The van der Waals surface area contributed by atoms with Crippen LogP contribution in [0.1, 0.15) is 27.3 Å². The average Bonchev–Trinajstić information content (AvgIpc) is 3.42. The van der Waals surface area contributed by atoms with Gasteiger partial charge in [-0.1, -0.05) is 41.2 Å². The molecule has 0 atom stereocenters. The van der Waals surface area contributed by atoms with Gasteiger partial charge in [-0.3, -0.25) is 19.8 Å². The predicted octanol–water partition coefficient (Wildman–Crippen LogP) is 5.55. The first-order valence-electron chi connectivity index (χ1n) is 9.45. The van der Waals surface area contributed by atoms with Gasteiger partial charge in [0, 0.05) is 17.5 Å². The topological polar surface area (TPSA) is 88.5 Å². The summed E-state index contributed by atoms with van der Waals surface area (Å²) in [7, 11) is 0. The van der Waals surface area contributed by atoms with E-state index in [4.69, 9.17) is 12.2 Å². The molecular weight excluding hydrogens is 448 g/mol. The highest BCUT2D eigenvalue weighted by molar-refractivity contribution is 7.71. The number of anilines is 1. The van der Waals surface area contributed by atoms with E-state index in [2.05, 4.69) is 45.1 Å². The number of hydrogen-bond donors (Lipinski definition) is 2. The van der Waals surface area contributed by atoms with Crippen LogP contribution in [0.2, 0.25) is 0 Å². The number of aromatic amines is 1. The maximum atomic E-state index is 12.8. The molecule has 1 aromatic carbocycles. The highest BCUT2D eigenvalue weighted by Gasteiger charge is 2.19. The number of amides is 1. The first-order valence-corrected chi connectivity index (χ1v) is 11.6. The zero-order chi connectivity index (χ0) is 22.1. The third kappa shape index (κ3) is 4.27. The fourth-order valence-corrected chi connectivity index (χ4v) is 5.22. The van der Waals surface area contributed by atoms with Gasteiger partial charge in [-0.05, 0) is 38.6 Å². The lowest BCUT2D eigenvalue weighted by atomic mass is 10.1. The van der Waals surface area contributed by atoms with E-state index in [9.17, 15) is 4.79 Å². The van der Waals surface area contributed by atoms with Crippen molar-refractivity contribution in [2.75, 3.05) is 5.32 Å². The van der Waals surface area contributed by atoms with E-state index in [1.807, 2.05) is 30.5 Å². The van der Waals surface area contributed by atoms with Crippen LogP contribution in [0.5, 0.6) is 0 Å². The maximum Gasteiger partial charge on any atom is 0.276 e. The fourth-order valence-electron chi connectivity index (χ4n) is 3.16. The Labute approximate surface area is 192 Å². The van der Waals surface area contributed by atoms with Crippen molar-refractivity contribution in [3.63, 3.8) is 0 Å². The molecule has 7 nitrogen and oxygen atoms in total. The molecule has 0 unspecified atom stereocenters. The highest BCUT2D eigenvalue weighted by atomic mass is 32.1. The number of hydrogen-bond acceptors (Lipinski definition) is 7. The predicted molar refractivity (Wildman–Crippen MR) is 128 cm³/mol. The minimum Gasteiger partial charge on any atom is -0.296 e. The van der Waals surface area contributed by atoms with Gasteiger partial charge in [0.05, 0.1) is 10.6 Å². The minimum atomic E-state index is -0.294. The molecule has 4 aromatic rings. The van der Waals surface area contributed by atoms with Gasteiger partial charge in [-0.25, -0.2) is 9.97 Å². The number of nitrogens with one attached hydrogen (secondary N) is 2. The molecule has 0 aliphatic rings. The molecule has 0 spiro atoms. The summed E-state index contributed by atoms with van der Waals surface area (Å²) in [6.07, 6.45) is 1.75. The summed E-state index contributed by atoms with van der Waals surface area (Å²) in [5.41, 5.74) is 4.49. The largest absolute Gasteiger partial charge is 0.296 e. The Morgan fingerprint density at radius 3 is 2.87 bits per heavy atom. The first-order chi connectivity index (χ1) is 14.9. The summed E-state index contributed by atoms with van der Waals surface area (Å²) < 4.78 is 2.35. The molecule has 0 aliphatic heterocycles. The second kappa shape index (κ2) is 8.66. The van der Waals surface area contributed by atoms with Gasteiger partial charge in [0.15, 0.2) is 15.7 Å². The van der Waals surface area contributed by atoms with Crippen molar-refractivity contribution in [2.24, 2.45) is 0 Å². The first kappa shape index (κ1) is 21.3. The molecule has 0 bridgehead atoms. The molecule has 0 fully saturated rings. The van der Waals surface area contributed by atoms with Gasteiger partial charge < -0.3 is 0 Å². The van der Waals surface area contributed by atoms with Crippen molar-refractivity contribution in [1.82, 2.24) is 24.7 Å². The van der Waals surface area contributed by atoms with E-state index >= 15 is 0 Å². The molecular formula is C21H20N6OS3. The van der Waals surface area contributed by atoms with Gasteiger partial charge >= 0.3 is 0 Å². The van der Waals surface area contributed by atoms with Crippen molar-refractivity contribution in [2.45, 2.75) is 27.3 Å². The average molecular weight is 469 g/mol. The second-order valence-electron chi connectivity index (χ2n) is 7.00. The van der Waals surface area contributed by atoms with Crippen LogP contribution in [0, 0.1) is 25.5 Å². The standard InChI is InChI=1S/C21H20N6OS3/c1-5-8-27-17(25-26-21(27)29)16-13(4)22-20(31-16)24-18(28)15-10-30-19(23-15)14-7-6-11(2)9-12(14)3/h5-7,9-10H,1,8H2,2-4H3,(H,26,29)(H,22,24,28). The molecule has 4 rings (SSSR count). The molecule has 31 heavy (non-hydrogen) atoms. The molecule has 0 saturated heterocycles. The number of thiazole rings is 2. The van der Waals surface area contributed by atoms with Gasteiger partial charge in [0.25, 0.3) is 5.91 Å². The molecule has 10 heteroatoms. The van der Waals surface area contributed by atoms with Gasteiger partial charge in [0.2, 0.25) is 0 Å². The smallest absolute Gasteiger partial charge is 0.276 e. The van der Waals surface area contributed by atoms with Gasteiger partial charge in [0.1, 0.15) is 10.7 Å². The number of carbonyl (C=O) groups is 1. The summed E-state index contributed by atoms with van der Waals surface area (Å²) in [5.74, 6) is 0.378. The number of benzene rings is 1. The Morgan fingerprint density at radius 1 is 1.32 bits per heavy atom. The van der Waals surface area contributed by atoms with Crippen molar-refractivity contribution >= 4 is 45.9 Å². The summed E-state index contributed by atoms with van der Waals surface area (Å²) in [4.78, 5) is 22.6. The van der Waals surface area contributed by atoms with Crippen molar-refractivity contribution in [3.05, 3.63) is 63.5 Å². The Morgan fingerprint density at radius 2 is 2.13 bits per heavy atom. The van der Waals surface area contributed by atoms with E-state index in [1.54, 1.807) is 11.5 Å². The lowest BCUT2D eigenvalue weighted by Gasteiger charge is -2.03. The number of aromatic nitrogens is 5. The zero-order valence-corrected chi connectivity index (χ0v) is 19.7. The molecule has 2 N–H and O–H groups in total. The summed E-state index contributed by atoms with van der Waals surface area (Å²) in [6.45, 7) is 10.3. The number of carbonyl (C=O) groups excluding carboxylic acids is 1. The number of rotatable bonds is 6. The Bertz CT molecular complexity index is 1340. The van der Waals surface area contributed by atoms with Crippen LogP contribution < -0.4 is 5.32 Å². The van der Waals surface area contributed by atoms with Gasteiger partial charge in [-0.15, -0.1) is 17.9 Å². The minimum absolute atomic E-state index is 0.294. The van der Waals surface area contributed by atoms with E-state index in [-0.39, 0.29) is 5.91 Å². The summed E-state index contributed by atoms with van der Waals surface area (Å²) >= 11 is 8.08. The second-order valence-corrected chi connectivity index (χ2v) is 9.24. The molecule has 3 aromatic heterocycles. The Hall–Kier alpha value is -2.95. The molecule has 0 radical (unpaired) electrons.